The Balaban J connectivity index is 1.69. The van der Waals surface area contributed by atoms with Crippen LogP contribution < -0.4 is 29.1 Å². The highest BCUT2D eigenvalue weighted by atomic mass is 32.1. The molecular weight excluding hydrogens is 484 g/mol. The molecule has 0 unspecified atom stereocenters. The number of phenolic OH excluding ortho intramolecular Hbond substituents is 1. The predicted octanol–water partition coefficient (Wildman–Crippen LogP) is 2.63. The van der Waals surface area contributed by atoms with Crippen LogP contribution in [0.1, 0.15) is 37.9 Å². The van der Waals surface area contributed by atoms with E-state index in [1.54, 1.807) is 44.2 Å². The van der Waals surface area contributed by atoms with Crippen LogP contribution in [-0.2, 0) is 9.53 Å². The van der Waals surface area contributed by atoms with Crippen LogP contribution in [0.4, 0.5) is 0 Å². The van der Waals surface area contributed by atoms with E-state index in [-0.39, 0.29) is 30.3 Å². The molecule has 2 aliphatic rings. The van der Waals surface area contributed by atoms with E-state index in [1.807, 2.05) is 13.0 Å². The van der Waals surface area contributed by atoms with Crippen LogP contribution in [0.3, 0.4) is 0 Å². The van der Waals surface area contributed by atoms with Crippen molar-refractivity contribution in [1.29, 1.82) is 0 Å². The topological polar surface area (TPSA) is 109 Å². The first-order chi connectivity index (χ1) is 17.4. The monoisotopic (exact) mass is 508 g/mol. The van der Waals surface area contributed by atoms with Gasteiger partial charge in [0.25, 0.3) is 5.56 Å². The Hall–Kier alpha value is -4.05. The number of phenols is 1. The first kappa shape index (κ1) is 23.7. The molecule has 0 fully saturated rings. The Morgan fingerprint density at radius 3 is 2.78 bits per heavy atom. The maximum absolute atomic E-state index is 13.7. The van der Waals surface area contributed by atoms with E-state index < -0.39 is 12.0 Å². The summed E-state index contributed by atoms with van der Waals surface area (Å²) in [5, 5.41) is 10.0. The number of ether oxygens (including phenoxy) is 4. The van der Waals surface area contributed by atoms with Gasteiger partial charge >= 0.3 is 5.97 Å². The summed E-state index contributed by atoms with van der Waals surface area (Å²) in [6.45, 7) is 5.98. The zero-order chi connectivity index (χ0) is 25.4. The van der Waals surface area contributed by atoms with Gasteiger partial charge in [0.1, 0.15) is 0 Å². The molecule has 1 aromatic heterocycles. The summed E-state index contributed by atoms with van der Waals surface area (Å²) in [5.74, 6) is 0.961. The summed E-state index contributed by atoms with van der Waals surface area (Å²) in [5.41, 5.74) is 1.82. The van der Waals surface area contributed by atoms with Crippen molar-refractivity contribution >= 4 is 23.4 Å². The molecule has 1 atom stereocenters. The Morgan fingerprint density at radius 1 is 1.19 bits per heavy atom. The van der Waals surface area contributed by atoms with Gasteiger partial charge in [0.15, 0.2) is 27.8 Å². The number of benzene rings is 2. The van der Waals surface area contributed by atoms with Gasteiger partial charge in [0.05, 0.1) is 35.1 Å². The fourth-order valence-electron chi connectivity index (χ4n) is 4.23. The van der Waals surface area contributed by atoms with E-state index in [2.05, 4.69) is 4.99 Å². The number of carbonyl (C=O) groups is 1. The molecule has 0 radical (unpaired) electrons. The van der Waals surface area contributed by atoms with Crippen molar-refractivity contribution in [3.05, 3.63) is 78.5 Å². The van der Waals surface area contributed by atoms with Crippen LogP contribution in [-0.4, -0.2) is 35.6 Å². The van der Waals surface area contributed by atoms with Gasteiger partial charge < -0.3 is 24.1 Å². The smallest absolute Gasteiger partial charge is 0.338 e. The highest BCUT2D eigenvalue weighted by Gasteiger charge is 2.34. The molecule has 36 heavy (non-hydrogen) atoms. The predicted molar refractivity (Wildman–Crippen MR) is 132 cm³/mol. The third-order valence-electron chi connectivity index (χ3n) is 5.81. The van der Waals surface area contributed by atoms with Crippen molar-refractivity contribution < 1.29 is 28.8 Å². The number of allylic oxidation sites excluding steroid dienone is 1. The average Bonchev–Trinajstić information content (AvgIpc) is 3.44. The molecular formula is C26H24N2O7S. The van der Waals surface area contributed by atoms with Crippen LogP contribution in [0, 0.1) is 0 Å². The summed E-state index contributed by atoms with van der Waals surface area (Å²) in [7, 11) is 0. The van der Waals surface area contributed by atoms with Gasteiger partial charge in [0.2, 0.25) is 6.79 Å². The first-order valence-electron chi connectivity index (χ1n) is 11.5. The second-order valence-electron chi connectivity index (χ2n) is 8.08. The minimum absolute atomic E-state index is 0.0213. The average molecular weight is 509 g/mol. The number of esters is 1. The lowest BCUT2D eigenvalue weighted by atomic mass is 9.95. The quantitative estimate of drug-likeness (QED) is 0.510. The van der Waals surface area contributed by atoms with Gasteiger partial charge in [-0.1, -0.05) is 23.5 Å². The summed E-state index contributed by atoms with van der Waals surface area (Å²) >= 11 is 1.22. The van der Waals surface area contributed by atoms with Gasteiger partial charge in [-0.25, -0.2) is 9.79 Å². The number of carbonyl (C=O) groups excluding carboxylic acids is 1. The molecule has 186 valence electrons. The standard InChI is InChI=1S/C26H24N2O7S/c1-4-32-19-10-15(6-8-17(19)29)11-21-24(30)28-23(16-7-9-18-20(12-16)35-13-34-18)22(25(31)33-5-2)14(3)27-26(28)36-21/h6-12,23,29H,4-5,13H2,1-3H3/b21-11-/t23-/m1/s1. The third-order valence-corrected chi connectivity index (χ3v) is 6.79. The van der Waals surface area contributed by atoms with Crippen LogP contribution in [0.5, 0.6) is 23.0 Å². The Morgan fingerprint density at radius 2 is 2.00 bits per heavy atom. The lowest BCUT2D eigenvalue weighted by molar-refractivity contribution is -0.139. The van der Waals surface area contributed by atoms with Gasteiger partial charge in [-0.2, -0.15) is 0 Å². The lowest BCUT2D eigenvalue weighted by Crippen LogP contribution is -2.39. The molecule has 9 nitrogen and oxygen atoms in total. The molecule has 0 spiro atoms. The summed E-state index contributed by atoms with van der Waals surface area (Å²) in [4.78, 5) is 31.8. The lowest BCUT2D eigenvalue weighted by Gasteiger charge is -2.24. The highest BCUT2D eigenvalue weighted by Crippen LogP contribution is 2.38. The fraction of sp³-hybridized carbons (Fsp3) is 0.269. The van der Waals surface area contributed by atoms with E-state index in [9.17, 15) is 14.7 Å². The minimum atomic E-state index is -0.754. The molecule has 2 aliphatic heterocycles. The zero-order valence-corrected chi connectivity index (χ0v) is 20.8. The normalized spacial score (nSPS) is 16.5. The van der Waals surface area contributed by atoms with Crippen LogP contribution >= 0.6 is 11.3 Å². The number of nitrogens with zero attached hydrogens (tertiary/aromatic N) is 2. The van der Waals surface area contributed by atoms with E-state index in [1.165, 1.54) is 22.0 Å². The molecule has 0 bridgehead atoms. The largest absolute Gasteiger partial charge is 0.504 e. The molecule has 0 saturated carbocycles. The van der Waals surface area contributed by atoms with Crippen molar-refractivity contribution in [3.63, 3.8) is 0 Å². The van der Waals surface area contributed by atoms with Crippen LogP contribution in [0.25, 0.3) is 6.08 Å². The number of thiazole rings is 1. The van der Waals surface area contributed by atoms with Gasteiger partial charge in [0, 0.05) is 0 Å². The van der Waals surface area contributed by atoms with Crippen molar-refractivity contribution in [2.24, 2.45) is 4.99 Å². The Kier molecular flexibility index (Phi) is 6.27. The minimum Gasteiger partial charge on any atom is -0.504 e. The van der Waals surface area contributed by atoms with E-state index in [0.29, 0.717) is 50.0 Å². The van der Waals surface area contributed by atoms with Gasteiger partial charge in [-0.3, -0.25) is 9.36 Å². The highest BCUT2D eigenvalue weighted by molar-refractivity contribution is 7.07. The van der Waals surface area contributed by atoms with Crippen molar-refractivity contribution in [2.45, 2.75) is 26.8 Å². The molecule has 0 aliphatic carbocycles. The third kappa shape index (κ3) is 4.13. The molecule has 1 N–H and O–H groups in total. The van der Waals surface area contributed by atoms with Crippen molar-refractivity contribution in [1.82, 2.24) is 4.57 Å². The summed E-state index contributed by atoms with van der Waals surface area (Å²) in [6, 6.07) is 9.47. The summed E-state index contributed by atoms with van der Waals surface area (Å²) < 4.78 is 23.7. The van der Waals surface area contributed by atoms with Crippen LogP contribution in [0.15, 0.2) is 57.5 Å². The molecule has 0 amide bonds. The molecule has 10 heteroatoms. The van der Waals surface area contributed by atoms with E-state index in [4.69, 9.17) is 18.9 Å². The molecule has 5 rings (SSSR count). The molecule has 0 saturated heterocycles. The molecule has 3 aromatic rings. The number of aromatic nitrogens is 1. The number of aromatic hydroxyl groups is 1. The van der Waals surface area contributed by atoms with Crippen LogP contribution in [0.2, 0.25) is 0 Å². The zero-order valence-electron chi connectivity index (χ0n) is 19.9. The van der Waals surface area contributed by atoms with E-state index in [0.717, 1.165) is 0 Å². The number of hydrogen-bond donors (Lipinski definition) is 1. The maximum Gasteiger partial charge on any atom is 0.338 e. The second-order valence-corrected chi connectivity index (χ2v) is 9.08. The van der Waals surface area contributed by atoms with Gasteiger partial charge in [-0.15, -0.1) is 0 Å². The maximum atomic E-state index is 13.7. The first-order valence-corrected chi connectivity index (χ1v) is 12.3. The number of fused-ring (bicyclic) bond motifs is 2. The summed E-state index contributed by atoms with van der Waals surface area (Å²) in [6.07, 6.45) is 1.71. The van der Waals surface area contributed by atoms with Gasteiger partial charge in [-0.05, 0) is 62.2 Å². The van der Waals surface area contributed by atoms with E-state index >= 15 is 0 Å². The van der Waals surface area contributed by atoms with Crippen molar-refractivity contribution in [2.75, 3.05) is 20.0 Å². The Bertz CT molecular complexity index is 1570. The second kappa shape index (κ2) is 9.54. The SMILES string of the molecule is CCOC(=O)C1=C(C)N=c2s/c(=C\c3ccc(O)c(OCC)c3)c(=O)n2[C@@H]1c1ccc2c(c1)OCO2. The Labute approximate surface area is 210 Å². The molecule has 2 aromatic carbocycles. The number of hydrogen-bond acceptors (Lipinski definition) is 9. The fourth-order valence-corrected chi connectivity index (χ4v) is 5.28. The number of rotatable bonds is 6. The molecule has 3 heterocycles. The van der Waals surface area contributed by atoms with Crippen molar-refractivity contribution in [3.8, 4) is 23.0 Å².